The van der Waals surface area contributed by atoms with Crippen LogP contribution in [-0.4, -0.2) is 42.3 Å². The Morgan fingerprint density at radius 1 is 1.11 bits per heavy atom. The Balaban J connectivity index is 1.36. The Kier molecular flexibility index (Phi) is 4.95. The van der Waals surface area contributed by atoms with Gasteiger partial charge in [0.1, 0.15) is 24.9 Å². The lowest BCUT2D eigenvalue weighted by Crippen LogP contribution is -2.29. The maximum atomic E-state index is 12.2. The molecular weight excluding hydrogens is 346 g/mol. The zero-order chi connectivity index (χ0) is 18.6. The van der Waals surface area contributed by atoms with Crippen LogP contribution in [0, 0.1) is 6.92 Å². The lowest BCUT2D eigenvalue weighted by atomic mass is 10.2. The van der Waals surface area contributed by atoms with E-state index in [1.54, 1.807) is 18.2 Å². The summed E-state index contributed by atoms with van der Waals surface area (Å²) < 4.78 is 11.0. The number of benzene rings is 1. The molecule has 142 valence electrons. The summed E-state index contributed by atoms with van der Waals surface area (Å²) in [5.74, 6) is 2.87. The van der Waals surface area contributed by atoms with Gasteiger partial charge >= 0.3 is 6.03 Å². The average molecular weight is 369 g/mol. The minimum Gasteiger partial charge on any atom is -0.486 e. The highest BCUT2D eigenvalue weighted by Gasteiger charge is 2.16. The van der Waals surface area contributed by atoms with Gasteiger partial charge in [0.25, 0.3) is 0 Å². The van der Waals surface area contributed by atoms with Crippen molar-refractivity contribution in [3.63, 3.8) is 0 Å². The number of hydrogen-bond acceptors (Lipinski definition) is 6. The van der Waals surface area contributed by atoms with Crippen molar-refractivity contribution in [1.82, 2.24) is 15.3 Å². The van der Waals surface area contributed by atoms with Crippen molar-refractivity contribution >= 4 is 17.5 Å². The van der Waals surface area contributed by atoms with Crippen molar-refractivity contribution in [3.05, 3.63) is 35.8 Å². The molecule has 8 nitrogen and oxygen atoms in total. The van der Waals surface area contributed by atoms with Crippen LogP contribution in [0.4, 0.5) is 16.3 Å². The largest absolute Gasteiger partial charge is 0.486 e. The number of urea groups is 1. The molecule has 1 fully saturated rings. The summed E-state index contributed by atoms with van der Waals surface area (Å²) in [7, 11) is 0. The number of nitrogens with zero attached hydrogens (tertiary/aromatic N) is 3. The van der Waals surface area contributed by atoms with Gasteiger partial charge in [-0.2, -0.15) is 0 Å². The molecular formula is C19H23N5O3. The van der Waals surface area contributed by atoms with E-state index < -0.39 is 0 Å². The summed E-state index contributed by atoms with van der Waals surface area (Å²) in [4.78, 5) is 23.5. The Bertz CT molecular complexity index is 836. The number of fused-ring (bicyclic) bond motifs is 1. The standard InChI is InChI=1S/C19H23N5O3/c1-13-10-18(24-6-2-3-7-24)23-17(21-13)12-20-19(25)22-14-4-5-15-16(11-14)27-9-8-26-15/h4-5,10-11H,2-3,6-9,12H2,1H3,(H2,20,22,25). The second-order valence-electron chi connectivity index (χ2n) is 6.64. The van der Waals surface area contributed by atoms with E-state index in [0.29, 0.717) is 36.2 Å². The van der Waals surface area contributed by atoms with Gasteiger partial charge in [0.2, 0.25) is 0 Å². The highest BCUT2D eigenvalue weighted by atomic mass is 16.6. The first-order valence-corrected chi connectivity index (χ1v) is 9.21. The van der Waals surface area contributed by atoms with Crippen LogP contribution in [0.2, 0.25) is 0 Å². The molecule has 0 aliphatic carbocycles. The molecule has 1 aromatic carbocycles. The number of anilines is 2. The van der Waals surface area contributed by atoms with Crippen molar-refractivity contribution in [2.75, 3.05) is 36.5 Å². The fourth-order valence-electron chi connectivity index (χ4n) is 3.26. The van der Waals surface area contributed by atoms with Gasteiger partial charge in [0, 0.05) is 36.6 Å². The highest BCUT2D eigenvalue weighted by molar-refractivity contribution is 5.89. The smallest absolute Gasteiger partial charge is 0.319 e. The molecule has 0 atom stereocenters. The fourth-order valence-corrected chi connectivity index (χ4v) is 3.26. The Labute approximate surface area is 157 Å². The topological polar surface area (TPSA) is 88.6 Å². The number of ether oxygens (including phenoxy) is 2. The predicted octanol–water partition coefficient (Wildman–Crippen LogP) is 2.48. The van der Waals surface area contributed by atoms with Crippen molar-refractivity contribution in [2.45, 2.75) is 26.3 Å². The van der Waals surface area contributed by atoms with Crippen molar-refractivity contribution in [1.29, 1.82) is 0 Å². The van der Waals surface area contributed by atoms with Crippen LogP contribution in [-0.2, 0) is 6.54 Å². The van der Waals surface area contributed by atoms with Crippen molar-refractivity contribution in [3.8, 4) is 11.5 Å². The van der Waals surface area contributed by atoms with E-state index in [0.717, 1.165) is 24.6 Å². The van der Waals surface area contributed by atoms with Gasteiger partial charge in [-0.1, -0.05) is 0 Å². The first-order chi connectivity index (χ1) is 13.2. The Morgan fingerprint density at radius 3 is 2.70 bits per heavy atom. The average Bonchev–Trinajstić information content (AvgIpc) is 3.21. The number of hydrogen-bond donors (Lipinski definition) is 2. The first kappa shape index (κ1) is 17.4. The van der Waals surface area contributed by atoms with Gasteiger partial charge in [0.15, 0.2) is 11.5 Å². The molecule has 2 aliphatic heterocycles. The molecule has 1 aromatic heterocycles. The van der Waals surface area contributed by atoms with Crippen molar-refractivity contribution < 1.29 is 14.3 Å². The summed E-state index contributed by atoms with van der Waals surface area (Å²) in [6, 6.07) is 6.99. The third-order valence-electron chi connectivity index (χ3n) is 4.52. The molecule has 0 saturated carbocycles. The third kappa shape index (κ3) is 4.21. The molecule has 0 unspecified atom stereocenters. The van der Waals surface area contributed by atoms with Crippen LogP contribution in [0.3, 0.4) is 0 Å². The van der Waals surface area contributed by atoms with Crippen LogP contribution in [0.25, 0.3) is 0 Å². The van der Waals surface area contributed by atoms with Crippen molar-refractivity contribution in [2.24, 2.45) is 0 Å². The summed E-state index contributed by atoms with van der Waals surface area (Å²) in [6.07, 6.45) is 2.38. The maximum Gasteiger partial charge on any atom is 0.319 e. The van der Waals surface area contributed by atoms with Gasteiger partial charge in [0.05, 0.1) is 6.54 Å². The monoisotopic (exact) mass is 369 g/mol. The second-order valence-corrected chi connectivity index (χ2v) is 6.64. The minimum absolute atomic E-state index is 0.263. The summed E-state index contributed by atoms with van der Waals surface area (Å²) in [6.45, 7) is 5.30. The third-order valence-corrected chi connectivity index (χ3v) is 4.52. The van der Waals surface area contributed by atoms with Gasteiger partial charge in [-0.3, -0.25) is 0 Å². The lowest BCUT2D eigenvalue weighted by molar-refractivity contribution is 0.171. The first-order valence-electron chi connectivity index (χ1n) is 9.21. The van der Waals surface area contributed by atoms with Gasteiger partial charge in [-0.05, 0) is 31.9 Å². The Morgan fingerprint density at radius 2 is 1.89 bits per heavy atom. The molecule has 8 heteroatoms. The maximum absolute atomic E-state index is 12.2. The van der Waals surface area contributed by atoms with Gasteiger partial charge in [-0.25, -0.2) is 14.8 Å². The number of carbonyl (C=O) groups is 1. The molecule has 2 amide bonds. The molecule has 2 aromatic rings. The molecule has 2 aliphatic rings. The van der Waals surface area contributed by atoms with Crippen LogP contribution in [0.5, 0.6) is 11.5 Å². The molecule has 1 saturated heterocycles. The second kappa shape index (κ2) is 7.69. The molecule has 0 bridgehead atoms. The molecule has 0 radical (unpaired) electrons. The van der Waals surface area contributed by atoms with Gasteiger partial charge in [-0.15, -0.1) is 0 Å². The van der Waals surface area contributed by atoms with Crippen LogP contribution >= 0.6 is 0 Å². The predicted molar refractivity (Wildman–Crippen MR) is 102 cm³/mol. The number of aromatic nitrogens is 2. The number of nitrogens with one attached hydrogen (secondary N) is 2. The molecule has 3 heterocycles. The number of amides is 2. The molecule has 4 rings (SSSR count). The normalized spacial score (nSPS) is 15.5. The van der Waals surface area contributed by atoms with E-state index >= 15 is 0 Å². The number of rotatable bonds is 4. The van der Waals surface area contributed by atoms with E-state index in [1.807, 2.05) is 13.0 Å². The van der Waals surface area contributed by atoms with E-state index in [1.165, 1.54) is 12.8 Å². The van der Waals surface area contributed by atoms with Crippen LogP contribution in [0.15, 0.2) is 24.3 Å². The zero-order valence-electron chi connectivity index (χ0n) is 15.3. The van der Waals surface area contributed by atoms with Gasteiger partial charge < -0.3 is 25.0 Å². The van der Waals surface area contributed by atoms with E-state index in [-0.39, 0.29) is 12.6 Å². The molecule has 2 N–H and O–H groups in total. The molecule has 0 spiro atoms. The Hall–Kier alpha value is -3.03. The lowest BCUT2D eigenvalue weighted by Gasteiger charge is -2.19. The summed E-state index contributed by atoms with van der Waals surface area (Å²) in [5.41, 5.74) is 1.54. The zero-order valence-corrected chi connectivity index (χ0v) is 15.3. The van der Waals surface area contributed by atoms with Crippen LogP contribution in [0.1, 0.15) is 24.4 Å². The highest BCUT2D eigenvalue weighted by Crippen LogP contribution is 2.32. The van der Waals surface area contributed by atoms with E-state index in [2.05, 4.69) is 25.5 Å². The quantitative estimate of drug-likeness (QED) is 0.861. The van der Waals surface area contributed by atoms with Crippen LogP contribution < -0.4 is 25.0 Å². The summed E-state index contributed by atoms with van der Waals surface area (Å²) in [5, 5.41) is 5.60. The SMILES string of the molecule is Cc1cc(N2CCCC2)nc(CNC(=O)Nc2ccc3c(c2)OCCO3)n1. The van der Waals surface area contributed by atoms with E-state index in [4.69, 9.17) is 9.47 Å². The minimum atomic E-state index is -0.320. The fraction of sp³-hybridized carbons (Fsp3) is 0.421. The molecule has 27 heavy (non-hydrogen) atoms. The number of carbonyl (C=O) groups excluding carboxylic acids is 1. The summed E-state index contributed by atoms with van der Waals surface area (Å²) >= 11 is 0. The van der Waals surface area contributed by atoms with E-state index in [9.17, 15) is 4.79 Å². The number of aryl methyl sites for hydroxylation is 1.